The van der Waals surface area contributed by atoms with Gasteiger partial charge in [0.15, 0.2) is 0 Å². The van der Waals surface area contributed by atoms with Gasteiger partial charge in [0.1, 0.15) is 0 Å². The Morgan fingerprint density at radius 3 is 1.98 bits per heavy atom. The molecule has 0 unspecified atom stereocenters. The Morgan fingerprint density at radius 2 is 1.15 bits per heavy atom. The van der Waals surface area contributed by atoms with Crippen LogP contribution in [-0.4, -0.2) is 4.57 Å². The molecule has 0 aliphatic heterocycles. The second-order valence-electron chi connectivity index (χ2n) is 11.6. The molecule has 196 valence electrons. The van der Waals surface area contributed by atoms with E-state index in [-0.39, 0.29) is 5.41 Å². The van der Waals surface area contributed by atoms with Crippen LogP contribution in [0.15, 0.2) is 138 Å². The van der Waals surface area contributed by atoms with Gasteiger partial charge >= 0.3 is 0 Å². The molecule has 0 saturated heterocycles. The molecule has 0 atom stereocenters. The van der Waals surface area contributed by atoms with E-state index in [1.165, 1.54) is 72.0 Å². The Bertz CT molecular complexity index is 2110. The average molecular weight is 591 g/mol. The van der Waals surface area contributed by atoms with Crippen LogP contribution < -0.4 is 0 Å². The second-order valence-corrected chi connectivity index (χ2v) is 12.5. The molecule has 0 amide bonds. The van der Waals surface area contributed by atoms with Crippen molar-refractivity contribution in [1.82, 2.24) is 4.57 Å². The van der Waals surface area contributed by atoms with Gasteiger partial charge in [-0.05, 0) is 93.0 Å². The van der Waals surface area contributed by atoms with Crippen LogP contribution in [0.25, 0.3) is 60.9 Å². The van der Waals surface area contributed by atoms with Crippen LogP contribution in [-0.2, 0) is 5.41 Å². The van der Waals surface area contributed by atoms with E-state index >= 15 is 0 Å². The number of aromatic nitrogens is 1. The normalized spacial score (nSPS) is 13.4. The highest BCUT2D eigenvalue weighted by Gasteiger charge is 2.35. The minimum absolute atomic E-state index is 0.0343. The SMILES string of the molecule is CC1(C)c2ccc(Br)cc2-c2ccc(-c3ccc4c(c3)c3ccccc3n4-c3ccc(-c4ccccc4)cc3)cc21. The van der Waals surface area contributed by atoms with Crippen molar-refractivity contribution in [1.29, 1.82) is 0 Å². The summed E-state index contributed by atoms with van der Waals surface area (Å²) in [4.78, 5) is 0. The molecule has 6 aromatic carbocycles. The third-order valence-corrected chi connectivity index (χ3v) is 9.37. The molecule has 1 aliphatic rings. The maximum absolute atomic E-state index is 3.68. The summed E-state index contributed by atoms with van der Waals surface area (Å²) >= 11 is 3.68. The largest absolute Gasteiger partial charge is 0.309 e. The van der Waals surface area contributed by atoms with Gasteiger partial charge in [-0.2, -0.15) is 0 Å². The van der Waals surface area contributed by atoms with Gasteiger partial charge in [0.2, 0.25) is 0 Å². The third-order valence-electron chi connectivity index (χ3n) is 8.88. The van der Waals surface area contributed by atoms with Gasteiger partial charge in [0.05, 0.1) is 11.0 Å². The zero-order chi connectivity index (χ0) is 27.7. The van der Waals surface area contributed by atoms with Crippen molar-refractivity contribution in [3.05, 3.63) is 149 Å². The molecular weight excluding hydrogens is 562 g/mol. The molecule has 2 heteroatoms. The first kappa shape index (κ1) is 24.4. The van der Waals surface area contributed by atoms with Crippen molar-refractivity contribution < 1.29 is 0 Å². The molecule has 8 rings (SSSR count). The minimum Gasteiger partial charge on any atom is -0.309 e. The predicted molar refractivity (Wildman–Crippen MR) is 177 cm³/mol. The van der Waals surface area contributed by atoms with Crippen molar-refractivity contribution in [2.24, 2.45) is 0 Å². The van der Waals surface area contributed by atoms with Crippen LogP contribution in [0.3, 0.4) is 0 Å². The molecule has 0 radical (unpaired) electrons. The van der Waals surface area contributed by atoms with Crippen LogP contribution in [0, 0.1) is 0 Å². The summed E-state index contributed by atoms with van der Waals surface area (Å²) < 4.78 is 3.52. The van der Waals surface area contributed by atoms with E-state index in [4.69, 9.17) is 0 Å². The number of hydrogen-bond donors (Lipinski definition) is 0. The fourth-order valence-electron chi connectivity index (χ4n) is 6.77. The zero-order valence-corrected chi connectivity index (χ0v) is 24.6. The summed E-state index contributed by atoms with van der Waals surface area (Å²) in [6, 6.07) is 48.9. The first-order valence-electron chi connectivity index (χ1n) is 14.1. The lowest BCUT2D eigenvalue weighted by Crippen LogP contribution is -2.14. The predicted octanol–water partition coefficient (Wildman–Crippen LogP) is 11.2. The molecule has 1 nitrogen and oxygen atoms in total. The van der Waals surface area contributed by atoms with Gasteiger partial charge in [0, 0.05) is 26.3 Å². The molecule has 7 aromatic rings. The topological polar surface area (TPSA) is 4.93 Å². The van der Waals surface area contributed by atoms with Crippen molar-refractivity contribution >= 4 is 37.7 Å². The van der Waals surface area contributed by atoms with Crippen LogP contribution in [0.2, 0.25) is 0 Å². The Labute approximate surface area is 248 Å². The lowest BCUT2D eigenvalue weighted by atomic mass is 9.81. The molecule has 0 bridgehead atoms. The van der Waals surface area contributed by atoms with Gasteiger partial charge in [-0.15, -0.1) is 0 Å². The lowest BCUT2D eigenvalue weighted by molar-refractivity contribution is 0.660. The Morgan fingerprint density at radius 1 is 0.488 bits per heavy atom. The van der Waals surface area contributed by atoms with E-state index in [1.807, 2.05) is 0 Å². The van der Waals surface area contributed by atoms with Crippen molar-refractivity contribution in [2.45, 2.75) is 19.3 Å². The quantitative estimate of drug-likeness (QED) is 0.193. The summed E-state index contributed by atoms with van der Waals surface area (Å²) in [6.07, 6.45) is 0. The monoisotopic (exact) mass is 589 g/mol. The molecule has 0 saturated carbocycles. The highest BCUT2D eigenvalue weighted by Crippen LogP contribution is 2.50. The maximum Gasteiger partial charge on any atom is 0.0541 e. The fourth-order valence-corrected chi connectivity index (χ4v) is 7.13. The van der Waals surface area contributed by atoms with E-state index in [9.17, 15) is 0 Å². The summed E-state index contributed by atoms with van der Waals surface area (Å²) in [5.74, 6) is 0. The highest BCUT2D eigenvalue weighted by atomic mass is 79.9. The molecule has 0 fully saturated rings. The van der Waals surface area contributed by atoms with Crippen LogP contribution in [0.4, 0.5) is 0 Å². The number of nitrogens with zero attached hydrogens (tertiary/aromatic N) is 1. The van der Waals surface area contributed by atoms with Gasteiger partial charge in [0.25, 0.3) is 0 Å². The summed E-state index contributed by atoms with van der Waals surface area (Å²) in [7, 11) is 0. The molecule has 0 N–H and O–H groups in total. The first-order chi connectivity index (χ1) is 20.0. The van der Waals surface area contributed by atoms with Crippen LogP contribution in [0.5, 0.6) is 0 Å². The molecule has 1 aromatic heterocycles. The highest BCUT2D eigenvalue weighted by molar-refractivity contribution is 9.10. The molecule has 1 aliphatic carbocycles. The van der Waals surface area contributed by atoms with E-state index in [0.29, 0.717) is 0 Å². The summed E-state index contributed by atoms with van der Waals surface area (Å²) in [5.41, 5.74) is 14.0. The standard InChI is InChI=1S/C39H28BrN/c1-39(2)35-20-16-29(40)24-33(35)31-19-14-28(23-36(31)39)27-15-21-38-34(22-27)32-10-6-7-11-37(32)41(38)30-17-12-26(13-18-30)25-8-4-3-5-9-25/h3-24H,1-2H3. The smallest absolute Gasteiger partial charge is 0.0541 e. The summed E-state index contributed by atoms with van der Waals surface area (Å²) in [5, 5.41) is 2.55. The zero-order valence-electron chi connectivity index (χ0n) is 23.0. The van der Waals surface area contributed by atoms with Crippen LogP contribution in [0.1, 0.15) is 25.0 Å². The molecular formula is C39H28BrN. The maximum atomic E-state index is 3.68. The number of rotatable bonds is 3. The molecule has 1 heterocycles. The molecule has 0 spiro atoms. The van der Waals surface area contributed by atoms with E-state index in [0.717, 1.165) is 4.47 Å². The van der Waals surface area contributed by atoms with Gasteiger partial charge in [-0.1, -0.05) is 115 Å². The number of para-hydroxylation sites is 1. The van der Waals surface area contributed by atoms with Crippen molar-refractivity contribution in [3.63, 3.8) is 0 Å². The number of hydrogen-bond acceptors (Lipinski definition) is 0. The van der Waals surface area contributed by atoms with E-state index < -0.39 is 0 Å². The van der Waals surface area contributed by atoms with Crippen molar-refractivity contribution in [3.8, 4) is 39.1 Å². The molecule has 41 heavy (non-hydrogen) atoms. The van der Waals surface area contributed by atoms with Gasteiger partial charge in [-0.25, -0.2) is 0 Å². The van der Waals surface area contributed by atoms with E-state index in [2.05, 4.69) is 168 Å². The van der Waals surface area contributed by atoms with E-state index in [1.54, 1.807) is 0 Å². The fraction of sp³-hybridized carbons (Fsp3) is 0.0769. The lowest BCUT2D eigenvalue weighted by Gasteiger charge is -2.22. The Hall–Kier alpha value is -4.40. The Kier molecular flexibility index (Phi) is 5.39. The average Bonchev–Trinajstić information content (AvgIpc) is 3.45. The minimum atomic E-state index is -0.0343. The first-order valence-corrected chi connectivity index (χ1v) is 14.9. The second kappa shape index (κ2) is 9.06. The Balaban J connectivity index is 1.26. The van der Waals surface area contributed by atoms with Crippen molar-refractivity contribution in [2.75, 3.05) is 0 Å². The number of halogens is 1. The van der Waals surface area contributed by atoms with Crippen LogP contribution >= 0.6 is 15.9 Å². The number of fused-ring (bicyclic) bond motifs is 6. The third kappa shape index (κ3) is 3.74. The summed E-state index contributed by atoms with van der Waals surface area (Å²) in [6.45, 7) is 4.68. The van der Waals surface area contributed by atoms with Gasteiger partial charge < -0.3 is 4.57 Å². The number of benzene rings is 6. The van der Waals surface area contributed by atoms with Gasteiger partial charge in [-0.3, -0.25) is 0 Å².